The Kier molecular flexibility index (Phi) is 5.66. The van der Waals surface area contributed by atoms with Gasteiger partial charge in [-0.2, -0.15) is 0 Å². The maximum atomic E-state index is 12.2. The van der Waals surface area contributed by atoms with E-state index in [1.807, 2.05) is 13.8 Å². The number of hydrogen-bond donors (Lipinski definition) is 1. The monoisotopic (exact) mass is 353 g/mol. The van der Waals surface area contributed by atoms with Gasteiger partial charge < -0.3 is 10.1 Å². The Hall–Kier alpha value is -0.820. The molecular weight excluding hydrogens is 337 g/mol. The van der Waals surface area contributed by atoms with Gasteiger partial charge in [-0.05, 0) is 38.5 Å². The number of methoxy groups -OCH3 is 1. The number of ether oxygens (including phenoxy) is 1. The zero-order valence-electron chi connectivity index (χ0n) is 12.2. The summed E-state index contributed by atoms with van der Waals surface area (Å²) in [5.41, 5.74) is -0.125. The van der Waals surface area contributed by atoms with Crippen molar-refractivity contribution in [3.05, 3.63) is 28.3 Å². The summed E-state index contributed by atoms with van der Waals surface area (Å²) in [7, 11) is 2.91. The van der Waals surface area contributed by atoms with Crippen molar-refractivity contribution < 1.29 is 17.9 Å². The van der Waals surface area contributed by atoms with E-state index < -0.39 is 20.6 Å². The van der Waals surface area contributed by atoms with Gasteiger partial charge in [-0.3, -0.25) is 4.79 Å². The Labute approximate surface area is 134 Å². The van der Waals surface area contributed by atoms with Crippen LogP contribution in [0.2, 0.25) is 5.02 Å². The molecule has 0 aromatic heterocycles. The van der Waals surface area contributed by atoms with Crippen molar-refractivity contribution in [2.75, 3.05) is 13.7 Å². The van der Waals surface area contributed by atoms with E-state index in [2.05, 4.69) is 5.32 Å². The van der Waals surface area contributed by atoms with Gasteiger partial charge >= 0.3 is 0 Å². The molecule has 1 rings (SSSR count). The number of carbonyl (C=O) groups excluding carboxylic acids is 1. The molecule has 1 aromatic carbocycles. The first-order valence-electron chi connectivity index (χ1n) is 6.06. The lowest BCUT2D eigenvalue weighted by molar-refractivity contribution is 0.0228. The third-order valence-corrected chi connectivity index (χ3v) is 4.73. The average Bonchev–Trinajstić information content (AvgIpc) is 2.37. The van der Waals surface area contributed by atoms with Crippen LogP contribution in [-0.4, -0.2) is 33.6 Å². The van der Waals surface area contributed by atoms with Gasteiger partial charge in [-0.1, -0.05) is 11.6 Å². The fourth-order valence-corrected chi connectivity index (χ4v) is 3.11. The fraction of sp³-hybridized carbons (Fsp3) is 0.462. The maximum Gasteiger partial charge on any atom is 0.261 e. The van der Waals surface area contributed by atoms with E-state index in [9.17, 15) is 13.2 Å². The molecule has 8 heteroatoms. The lowest BCUT2D eigenvalue weighted by Crippen LogP contribution is -2.40. The quantitative estimate of drug-likeness (QED) is 0.826. The second-order valence-corrected chi connectivity index (χ2v) is 8.13. The van der Waals surface area contributed by atoms with E-state index in [1.54, 1.807) is 0 Å². The van der Waals surface area contributed by atoms with E-state index in [4.69, 9.17) is 27.0 Å². The minimum absolute atomic E-state index is 0.121. The zero-order chi connectivity index (χ0) is 16.4. The van der Waals surface area contributed by atoms with Crippen LogP contribution in [0.4, 0.5) is 0 Å². The molecule has 1 amide bonds. The van der Waals surface area contributed by atoms with E-state index in [1.165, 1.54) is 26.2 Å². The zero-order valence-corrected chi connectivity index (χ0v) is 14.5. The normalized spacial score (nSPS) is 12.3. The summed E-state index contributed by atoms with van der Waals surface area (Å²) in [5.74, 6) is -0.443. The standard InChI is InChI=1S/C13H17Cl2NO4S/c1-8-10(12(17)16-7-13(2,3)20-4)5-9(14)6-11(8)21(15,18)19/h5-6H,7H2,1-4H3,(H,16,17). The molecule has 0 fully saturated rings. The molecule has 0 aliphatic heterocycles. The number of rotatable bonds is 5. The van der Waals surface area contributed by atoms with Gasteiger partial charge in [0, 0.05) is 34.9 Å². The number of halogens is 2. The summed E-state index contributed by atoms with van der Waals surface area (Å²) in [6, 6.07) is 2.62. The van der Waals surface area contributed by atoms with Crippen molar-refractivity contribution >= 4 is 37.2 Å². The first-order chi connectivity index (χ1) is 9.48. The summed E-state index contributed by atoms with van der Waals surface area (Å²) in [6.07, 6.45) is 0. The van der Waals surface area contributed by atoms with Gasteiger partial charge in [0.1, 0.15) is 0 Å². The molecular formula is C13H17Cl2NO4S. The van der Waals surface area contributed by atoms with Gasteiger partial charge in [0.25, 0.3) is 15.0 Å². The van der Waals surface area contributed by atoms with E-state index in [0.717, 1.165) is 0 Å². The summed E-state index contributed by atoms with van der Waals surface area (Å²) in [4.78, 5) is 12.0. The number of nitrogens with one attached hydrogen (secondary N) is 1. The highest BCUT2D eigenvalue weighted by molar-refractivity contribution is 8.13. The lowest BCUT2D eigenvalue weighted by Gasteiger charge is -2.23. The maximum absolute atomic E-state index is 12.2. The fourth-order valence-electron chi connectivity index (χ4n) is 1.60. The second-order valence-electron chi connectivity index (χ2n) is 5.16. The van der Waals surface area contributed by atoms with E-state index in [-0.39, 0.29) is 27.6 Å². The minimum Gasteiger partial charge on any atom is -0.377 e. The minimum atomic E-state index is -3.98. The summed E-state index contributed by atoms with van der Waals surface area (Å²) >= 11 is 5.86. The smallest absolute Gasteiger partial charge is 0.261 e. The highest BCUT2D eigenvalue weighted by atomic mass is 35.7. The molecule has 1 N–H and O–H groups in total. The molecule has 0 aliphatic rings. The highest BCUT2D eigenvalue weighted by Gasteiger charge is 2.22. The summed E-state index contributed by atoms with van der Waals surface area (Å²) < 4.78 is 28.2. The Morgan fingerprint density at radius 2 is 1.95 bits per heavy atom. The van der Waals surface area contributed by atoms with Gasteiger partial charge in [-0.25, -0.2) is 8.42 Å². The molecule has 0 bridgehead atoms. The SMILES string of the molecule is COC(C)(C)CNC(=O)c1cc(Cl)cc(S(=O)(=O)Cl)c1C. The number of carbonyl (C=O) groups is 1. The molecule has 0 atom stereocenters. The molecule has 0 heterocycles. The van der Waals surface area contributed by atoms with Crippen molar-refractivity contribution in [1.82, 2.24) is 5.32 Å². The van der Waals surface area contributed by atoms with E-state index in [0.29, 0.717) is 0 Å². The van der Waals surface area contributed by atoms with Crippen molar-refractivity contribution in [2.45, 2.75) is 31.3 Å². The first kappa shape index (κ1) is 18.2. The van der Waals surface area contributed by atoms with Crippen LogP contribution in [0.25, 0.3) is 0 Å². The first-order valence-corrected chi connectivity index (χ1v) is 8.75. The van der Waals surface area contributed by atoms with Crippen molar-refractivity contribution in [2.24, 2.45) is 0 Å². The van der Waals surface area contributed by atoms with Crippen molar-refractivity contribution in [3.63, 3.8) is 0 Å². The van der Waals surface area contributed by atoms with Crippen molar-refractivity contribution in [1.29, 1.82) is 0 Å². The molecule has 5 nitrogen and oxygen atoms in total. The Morgan fingerprint density at radius 1 is 1.38 bits per heavy atom. The predicted molar refractivity (Wildman–Crippen MR) is 82.6 cm³/mol. The molecule has 0 unspecified atom stereocenters. The molecule has 21 heavy (non-hydrogen) atoms. The number of benzene rings is 1. The molecule has 0 aliphatic carbocycles. The predicted octanol–water partition coefficient (Wildman–Crippen LogP) is 2.73. The van der Waals surface area contributed by atoms with Gasteiger partial charge in [0.05, 0.1) is 10.5 Å². The topological polar surface area (TPSA) is 72.5 Å². The average molecular weight is 354 g/mol. The Bertz CT molecular complexity index is 656. The van der Waals surface area contributed by atoms with Gasteiger partial charge in [-0.15, -0.1) is 0 Å². The van der Waals surface area contributed by atoms with Crippen LogP contribution in [0, 0.1) is 6.92 Å². The van der Waals surface area contributed by atoms with Crippen LogP contribution in [0.1, 0.15) is 29.8 Å². The largest absolute Gasteiger partial charge is 0.377 e. The number of amides is 1. The van der Waals surface area contributed by atoms with Gasteiger partial charge in [0.15, 0.2) is 0 Å². The second kappa shape index (κ2) is 6.52. The van der Waals surface area contributed by atoms with Crippen LogP contribution < -0.4 is 5.32 Å². The van der Waals surface area contributed by atoms with Crippen LogP contribution >= 0.6 is 22.3 Å². The third-order valence-electron chi connectivity index (χ3n) is 3.06. The van der Waals surface area contributed by atoms with Gasteiger partial charge in [0.2, 0.25) is 0 Å². The molecule has 0 radical (unpaired) electrons. The molecule has 0 saturated heterocycles. The molecule has 118 valence electrons. The number of hydrogen-bond acceptors (Lipinski definition) is 4. The summed E-state index contributed by atoms with van der Waals surface area (Å²) in [6.45, 7) is 5.39. The molecule has 1 aromatic rings. The highest BCUT2D eigenvalue weighted by Crippen LogP contribution is 2.27. The van der Waals surface area contributed by atoms with E-state index >= 15 is 0 Å². The van der Waals surface area contributed by atoms with Crippen LogP contribution in [0.5, 0.6) is 0 Å². The van der Waals surface area contributed by atoms with Crippen LogP contribution in [-0.2, 0) is 13.8 Å². The van der Waals surface area contributed by atoms with Crippen molar-refractivity contribution in [3.8, 4) is 0 Å². The van der Waals surface area contributed by atoms with Crippen LogP contribution in [0.15, 0.2) is 17.0 Å². The molecule has 0 spiro atoms. The third kappa shape index (κ3) is 4.85. The summed E-state index contributed by atoms with van der Waals surface area (Å²) in [5, 5.41) is 2.80. The van der Waals surface area contributed by atoms with Crippen LogP contribution in [0.3, 0.4) is 0 Å². The molecule has 0 saturated carbocycles. The Balaban J connectivity index is 3.14. The lowest BCUT2D eigenvalue weighted by atomic mass is 10.1. The Morgan fingerprint density at radius 3 is 2.43 bits per heavy atom.